The summed E-state index contributed by atoms with van der Waals surface area (Å²) in [6, 6.07) is 4.76. The first-order valence-corrected chi connectivity index (χ1v) is 19.8. The average Bonchev–Trinajstić information content (AvgIpc) is 3.51. The molecule has 0 spiro atoms. The maximum Gasteiger partial charge on any atom is 0.434 e. The zero-order chi connectivity index (χ0) is 39.2. The quantitative estimate of drug-likeness (QED) is 0.215. The Bertz CT molecular complexity index is 1990. The lowest BCUT2D eigenvalue weighted by molar-refractivity contribution is -0.163. The van der Waals surface area contributed by atoms with Crippen LogP contribution in [0.1, 0.15) is 92.7 Å². The molecule has 10 nitrogen and oxygen atoms in total. The summed E-state index contributed by atoms with van der Waals surface area (Å²) >= 11 is 0. The van der Waals surface area contributed by atoms with Gasteiger partial charge in [0.25, 0.3) is 5.91 Å². The number of likely N-dealkylation sites (tertiary alicyclic amines) is 1. The van der Waals surface area contributed by atoms with Gasteiger partial charge >= 0.3 is 12.1 Å². The molecule has 2 aromatic heterocycles. The van der Waals surface area contributed by atoms with Crippen molar-refractivity contribution in [1.29, 1.82) is 0 Å². The average molecular weight is 790 g/mol. The molecule has 5 aliphatic carbocycles. The molecule has 16 heteroatoms. The summed E-state index contributed by atoms with van der Waals surface area (Å²) in [5, 5.41) is 13.5. The van der Waals surface area contributed by atoms with Crippen LogP contribution in [-0.4, -0.2) is 92.5 Å². The standard InChI is InChI=1S/C40H45F6N5O5/c41-37(20-55-21-37)19-50-9-5-27(6-10-50)56-28-1-2-29-31(18-51(32(29)16-28)26-3-7-38(42,43)8-4-26)34-47-17-30(33(48-34)40(44,45)46)35(52)49-39(36(53)54)24-12-22-11-23(14-24)15-25(39)13-22/h1-2,16-18,22-27H,3-15,19-21H2,(H,49,52)(H,53,54). The number of benzene rings is 1. The Balaban J connectivity index is 1.02. The molecule has 7 aliphatic rings. The highest BCUT2D eigenvalue weighted by molar-refractivity contribution is 6.00. The van der Waals surface area contributed by atoms with Crippen molar-refractivity contribution >= 4 is 22.8 Å². The SMILES string of the molecule is O=C(NC1(C(=O)O)C2CC3CC(C2)CC1C3)c1cnc(-c2cn(C3CCC(F)(F)CC3)c3cc(OC4CCN(CC5(F)COC5)CC4)ccc23)nc1C(F)(F)F. The molecule has 4 heterocycles. The molecule has 0 atom stereocenters. The Hall–Kier alpha value is -3.92. The number of hydrogen-bond acceptors (Lipinski definition) is 7. The minimum atomic E-state index is -5.09. The molecule has 3 aromatic rings. The first-order valence-electron chi connectivity index (χ1n) is 19.8. The van der Waals surface area contributed by atoms with Gasteiger partial charge in [0.1, 0.15) is 17.4 Å². The van der Waals surface area contributed by atoms with Gasteiger partial charge in [-0.25, -0.2) is 27.9 Å². The van der Waals surface area contributed by atoms with Gasteiger partial charge in [0.2, 0.25) is 5.92 Å². The maximum atomic E-state index is 14.8. The van der Waals surface area contributed by atoms with Crippen LogP contribution >= 0.6 is 0 Å². The van der Waals surface area contributed by atoms with Crippen molar-refractivity contribution in [2.45, 2.75) is 106 Å². The third-order valence-corrected chi connectivity index (χ3v) is 13.6. The highest BCUT2D eigenvalue weighted by Gasteiger charge is 2.62. The summed E-state index contributed by atoms with van der Waals surface area (Å²) in [4.78, 5) is 36.9. The largest absolute Gasteiger partial charge is 0.490 e. The number of amides is 1. The molecule has 2 aliphatic heterocycles. The van der Waals surface area contributed by atoms with Gasteiger partial charge in [-0.05, 0) is 93.6 Å². The number of carboxylic acid groups (broad SMARTS) is 1. The lowest BCUT2D eigenvalue weighted by Gasteiger charge is -2.59. The van der Waals surface area contributed by atoms with Gasteiger partial charge in [0.05, 0.1) is 24.3 Å². The molecule has 10 rings (SSSR count). The van der Waals surface area contributed by atoms with Crippen molar-refractivity contribution in [2.24, 2.45) is 23.7 Å². The number of aromatic nitrogens is 3. The van der Waals surface area contributed by atoms with E-state index in [4.69, 9.17) is 9.47 Å². The van der Waals surface area contributed by atoms with Gasteiger partial charge in [0.15, 0.2) is 17.2 Å². The molecule has 56 heavy (non-hydrogen) atoms. The Morgan fingerprint density at radius 3 is 2.21 bits per heavy atom. The number of carbonyl (C=O) groups excluding carboxylic acids is 1. The van der Waals surface area contributed by atoms with Gasteiger partial charge in [-0.2, -0.15) is 13.2 Å². The number of nitrogens with zero attached hydrogens (tertiary/aromatic N) is 4. The van der Waals surface area contributed by atoms with E-state index < -0.39 is 46.4 Å². The van der Waals surface area contributed by atoms with Gasteiger partial charge in [-0.3, -0.25) is 9.69 Å². The number of alkyl halides is 6. The van der Waals surface area contributed by atoms with Crippen molar-refractivity contribution in [2.75, 3.05) is 32.8 Å². The number of nitrogens with one attached hydrogen (secondary N) is 1. The fraction of sp³-hybridized carbons (Fsp3) is 0.650. The predicted octanol–water partition coefficient (Wildman–Crippen LogP) is 7.46. The van der Waals surface area contributed by atoms with E-state index in [2.05, 4.69) is 20.2 Å². The van der Waals surface area contributed by atoms with E-state index in [0.717, 1.165) is 12.6 Å². The van der Waals surface area contributed by atoms with Crippen molar-refractivity contribution in [1.82, 2.24) is 24.8 Å². The molecule has 5 saturated carbocycles. The first-order chi connectivity index (χ1) is 26.6. The smallest absolute Gasteiger partial charge is 0.434 e. The van der Waals surface area contributed by atoms with E-state index in [1.807, 2.05) is 0 Å². The summed E-state index contributed by atoms with van der Waals surface area (Å²) in [5.74, 6) is -5.09. The van der Waals surface area contributed by atoms with Gasteiger partial charge < -0.3 is 24.5 Å². The lowest BCUT2D eigenvalue weighted by atomic mass is 9.48. The van der Waals surface area contributed by atoms with Gasteiger partial charge in [-0.1, -0.05) is 0 Å². The number of rotatable bonds is 9. The van der Waals surface area contributed by atoms with Crippen LogP contribution in [0.2, 0.25) is 0 Å². The number of carboxylic acids is 1. The third kappa shape index (κ3) is 6.71. The fourth-order valence-corrected chi connectivity index (χ4v) is 11.0. The molecule has 2 saturated heterocycles. The van der Waals surface area contributed by atoms with Crippen LogP contribution < -0.4 is 10.1 Å². The highest BCUT2D eigenvalue weighted by Crippen LogP contribution is 2.58. The van der Waals surface area contributed by atoms with E-state index in [1.54, 1.807) is 29.0 Å². The molecule has 0 radical (unpaired) electrons. The van der Waals surface area contributed by atoms with E-state index in [9.17, 15) is 41.0 Å². The number of aliphatic carboxylic acids is 1. The molecule has 1 aromatic carbocycles. The topological polar surface area (TPSA) is 119 Å². The molecule has 1 amide bonds. The summed E-state index contributed by atoms with van der Waals surface area (Å²) < 4.78 is 101. The highest BCUT2D eigenvalue weighted by atomic mass is 19.4. The first kappa shape index (κ1) is 37.6. The number of fused-ring (bicyclic) bond motifs is 1. The van der Waals surface area contributed by atoms with Crippen LogP contribution in [0.5, 0.6) is 5.75 Å². The van der Waals surface area contributed by atoms with E-state index in [1.165, 1.54) is 0 Å². The maximum absolute atomic E-state index is 14.8. The fourth-order valence-electron chi connectivity index (χ4n) is 11.0. The number of piperidine rings is 1. The van der Waals surface area contributed by atoms with E-state index in [0.29, 0.717) is 86.6 Å². The Morgan fingerprint density at radius 2 is 1.62 bits per heavy atom. The minimum Gasteiger partial charge on any atom is -0.490 e. The Labute approximate surface area is 319 Å². The van der Waals surface area contributed by atoms with Crippen molar-refractivity contribution in [3.05, 3.63) is 41.9 Å². The molecule has 4 bridgehead atoms. The second-order valence-electron chi connectivity index (χ2n) is 17.3. The zero-order valence-corrected chi connectivity index (χ0v) is 30.8. The van der Waals surface area contributed by atoms with E-state index in [-0.39, 0.29) is 74.3 Å². The van der Waals surface area contributed by atoms with Gasteiger partial charge in [0, 0.05) is 67.9 Å². The number of hydrogen-bond donors (Lipinski definition) is 2. The summed E-state index contributed by atoms with van der Waals surface area (Å²) in [6.45, 7) is 1.78. The predicted molar refractivity (Wildman–Crippen MR) is 190 cm³/mol. The lowest BCUT2D eigenvalue weighted by Crippen LogP contribution is -2.70. The van der Waals surface area contributed by atoms with Crippen LogP contribution in [0.15, 0.2) is 30.6 Å². The number of halogens is 6. The normalized spacial score (nSPS) is 30.3. The minimum absolute atomic E-state index is 0.0978. The summed E-state index contributed by atoms with van der Waals surface area (Å²) in [7, 11) is 0. The Morgan fingerprint density at radius 1 is 0.964 bits per heavy atom. The van der Waals surface area contributed by atoms with Crippen LogP contribution in [0.25, 0.3) is 22.3 Å². The van der Waals surface area contributed by atoms with Gasteiger partial charge in [-0.15, -0.1) is 0 Å². The van der Waals surface area contributed by atoms with Crippen molar-refractivity contribution in [3.8, 4) is 17.1 Å². The number of carbonyl (C=O) groups is 2. The zero-order valence-electron chi connectivity index (χ0n) is 30.8. The summed E-state index contributed by atoms with van der Waals surface area (Å²) in [5.41, 5.74) is -4.57. The van der Waals surface area contributed by atoms with E-state index >= 15 is 0 Å². The number of ether oxygens (including phenoxy) is 2. The molecule has 7 fully saturated rings. The van der Waals surface area contributed by atoms with Crippen LogP contribution in [0.3, 0.4) is 0 Å². The van der Waals surface area contributed by atoms with Crippen molar-refractivity contribution < 1.29 is 50.5 Å². The molecule has 2 N–H and O–H groups in total. The monoisotopic (exact) mass is 789 g/mol. The van der Waals surface area contributed by atoms with Crippen LogP contribution in [0, 0.1) is 23.7 Å². The molecular formula is C40H45F6N5O5. The second kappa shape index (κ2) is 13.6. The van der Waals surface area contributed by atoms with Crippen molar-refractivity contribution in [3.63, 3.8) is 0 Å². The third-order valence-electron chi connectivity index (χ3n) is 13.6. The molecular weight excluding hydrogens is 744 g/mol. The molecule has 302 valence electrons. The van der Waals surface area contributed by atoms with Crippen LogP contribution in [0.4, 0.5) is 26.3 Å². The summed E-state index contributed by atoms with van der Waals surface area (Å²) in [6.07, 6.45) is 1.49. The molecule has 0 unspecified atom stereocenters. The Kier molecular flexibility index (Phi) is 9.14. The second-order valence-corrected chi connectivity index (χ2v) is 17.3. The van der Waals surface area contributed by atoms with Crippen LogP contribution in [-0.2, 0) is 15.7 Å².